The van der Waals surface area contributed by atoms with Crippen molar-refractivity contribution < 1.29 is 14.2 Å². The summed E-state index contributed by atoms with van der Waals surface area (Å²) >= 11 is 0. The maximum Gasteiger partial charge on any atom is 0.147 e. The molecule has 1 rings (SSSR count). The lowest BCUT2D eigenvalue weighted by Crippen LogP contribution is -2.31. The summed E-state index contributed by atoms with van der Waals surface area (Å²) in [6, 6.07) is -0.0372. The Morgan fingerprint density at radius 3 is 2.88 bits per heavy atom. The summed E-state index contributed by atoms with van der Waals surface area (Å²) in [6.07, 6.45) is 4.09. The van der Waals surface area contributed by atoms with Crippen molar-refractivity contribution in [1.82, 2.24) is 0 Å². The van der Waals surface area contributed by atoms with Gasteiger partial charge < -0.3 is 14.2 Å². The van der Waals surface area contributed by atoms with Gasteiger partial charge in [0.1, 0.15) is 6.79 Å². The van der Waals surface area contributed by atoms with Gasteiger partial charge in [-0.15, -0.1) is 0 Å². The van der Waals surface area contributed by atoms with Gasteiger partial charge in [-0.3, -0.25) is 0 Å². The molecule has 1 aliphatic rings. The van der Waals surface area contributed by atoms with Crippen LogP contribution < -0.4 is 0 Å². The van der Waals surface area contributed by atoms with E-state index in [1.165, 1.54) is 0 Å². The molecule has 0 aromatic carbocycles. The summed E-state index contributed by atoms with van der Waals surface area (Å²) < 4.78 is 15.6. The summed E-state index contributed by atoms with van der Waals surface area (Å²) in [5.74, 6) is 0. The predicted octanol–water partition coefficient (Wildman–Crippen LogP) is 2.25. The van der Waals surface area contributed by atoms with Gasteiger partial charge in [-0.2, -0.15) is 0 Å². The average molecular weight is 229 g/mol. The van der Waals surface area contributed by atoms with E-state index in [0.717, 1.165) is 25.7 Å². The monoisotopic (exact) mass is 229 g/mol. The Morgan fingerprint density at radius 1 is 1.31 bits per heavy atom. The summed E-state index contributed by atoms with van der Waals surface area (Å²) in [5.41, 5.74) is 8.43. The highest BCUT2D eigenvalue weighted by Gasteiger charge is 2.24. The zero-order valence-corrected chi connectivity index (χ0v) is 9.67. The highest BCUT2D eigenvalue weighted by atomic mass is 16.7. The molecular formula is C10H19N3O3. The molecule has 0 spiro atoms. The Balaban J connectivity index is 2.19. The molecule has 0 N–H and O–H groups in total. The molecule has 0 radical (unpaired) electrons. The van der Waals surface area contributed by atoms with Gasteiger partial charge in [-0.25, -0.2) is 0 Å². The highest BCUT2D eigenvalue weighted by Crippen LogP contribution is 2.23. The third-order valence-corrected chi connectivity index (χ3v) is 2.66. The minimum atomic E-state index is -0.0372. The van der Waals surface area contributed by atoms with E-state index in [-0.39, 0.29) is 18.9 Å². The van der Waals surface area contributed by atoms with Crippen molar-refractivity contribution in [3.05, 3.63) is 10.4 Å². The third kappa shape index (κ3) is 4.81. The fourth-order valence-electron chi connectivity index (χ4n) is 1.81. The summed E-state index contributed by atoms with van der Waals surface area (Å²) in [6.45, 7) is 1.33. The second kappa shape index (κ2) is 8.35. The average Bonchev–Trinajstić information content (AvgIpc) is 2.31. The molecule has 1 saturated carbocycles. The Labute approximate surface area is 95.5 Å². The molecule has 6 nitrogen and oxygen atoms in total. The van der Waals surface area contributed by atoms with E-state index in [4.69, 9.17) is 19.7 Å². The predicted molar refractivity (Wildman–Crippen MR) is 59.0 cm³/mol. The molecule has 0 saturated heterocycles. The minimum Gasteiger partial charge on any atom is -0.382 e. The van der Waals surface area contributed by atoms with Crippen LogP contribution in [0.15, 0.2) is 5.11 Å². The molecule has 0 bridgehead atoms. The van der Waals surface area contributed by atoms with Crippen LogP contribution in [0.25, 0.3) is 10.4 Å². The van der Waals surface area contributed by atoms with Gasteiger partial charge in [0.05, 0.1) is 25.4 Å². The molecule has 6 heteroatoms. The van der Waals surface area contributed by atoms with Gasteiger partial charge in [0.2, 0.25) is 0 Å². The maximum absolute atomic E-state index is 8.43. The lowest BCUT2D eigenvalue weighted by Gasteiger charge is -2.27. The van der Waals surface area contributed by atoms with Crippen LogP contribution in [0.3, 0.4) is 0 Å². The van der Waals surface area contributed by atoms with Crippen LogP contribution in [0.1, 0.15) is 25.7 Å². The van der Waals surface area contributed by atoms with E-state index in [2.05, 4.69) is 10.0 Å². The van der Waals surface area contributed by atoms with E-state index in [1.54, 1.807) is 7.11 Å². The van der Waals surface area contributed by atoms with Crippen molar-refractivity contribution in [3.63, 3.8) is 0 Å². The molecule has 0 aliphatic heterocycles. The lowest BCUT2D eigenvalue weighted by atomic mass is 9.93. The number of hydrogen-bond donors (Lipinski definition) is 0. The molecule has 0 amide bonds. The van der Waals surface area contributed by atoms with Gasteiger partial charge in [-0.1, -0.05) is 18.0 Å². The topological polar surface area (TPSA) is 76.5 Å². The Bertz CT molecular complexity index is 231. The first kappa shape index (κ1) is 13.3. The molecule has 0 aromatic rings. The van der Waals surface area contributed by atoms with Crippen LogP contribution in [-0.4, -0.2) is 39.3 Å². The zero-order valence-electron chi connectivity index (χ0n) is 9.67. The van der Waals surface area contributed by atoms with Crippen molar-refractivity contribution >= 4 is 0 Å². The SMILES string of the molecule is COCCOCO[C@@H]1CCCC[C@H]1N=[N+]=[N-]. The van der Waals surface area contributed by atoms with E-state index in [9.17, 15) is 0 Å². The van der Waals surface area contributed by atoms with Crippen LogP contribution in [-0.2, 0) is 14.2 Å². The van der Waals surface area contributed by atoms with Crippen molar-refractivity contribution in [2.45, 2.75) is 37.8 Å². The van der Waals surface area contributed by atoms with E-state index in [1.807, 2.05) is 0 Å². The Morgan fingerprint density at radius 2 is 2.12 bits per heavy atom. The molecule has 0 heterocycles. The molecule has 16 heavy (non-hydrogen) atoms. The lowest BCUT2D eigenvalue weighted by molar-refractivity contribution is -0.110. The Kier molecular flexibility index (Phi) is 6.92. The second-order valence-corrected chi connectivity index (χ2v) is 3.78. The Hall–Kier alpha value is -0.810. The normalized spacial score (nSPS) is 25.1. The first-order chi connectivity index (χ1) is 7.88. The molecule has 0 unspecified atom stereocenters. The van der Waals surface area contributed by atoms with Crippen molar-refractivity contribution in [1.29, 1.82) is 0 Å². The zero-order chi connectivity index (χ0) is 11.6. The number of hydrogen-bond acceptors (Lipinski definition) is 4. The first-order valence-electron chi connectivity index (χ1n) is 5.61. The smallest absolute Gasteiger partial charge is 0.147 e. The minimum absolute atomic E-state index is 0.00666. The number of methoxy groups -OCH3 is 1. The van der Waals surface area contributed by atoms with Crippen molar-refractivity contribution in [3.8, 4) is 0 Å². The van der Waals surface area contributed by atoms with Gasteiger partial charge >= 0.3 is 0 Å². The standard InChI is InChI=1S/C10H19N3O3/c1-14-6-7-15-8-16-10-5-3-2-4-9(10)12-13-11/h9-10H,2-8H2,1H3/t9-,10-/m1/s1. The van der Waals surface area contributed by atoms with E-state index < -0.39 is 0 Å². The number of azide groups is 1. The first-order valence-corrected chi connectivity index (χ1v) is 5.61. The summed E-state index contributed by atoms with van der Waals surface area (Å²) in [7, 11) is 1.63. The summed E-state index contributed by atoms with van der Waals surface area (Å²) in [4.78, 5) is 2.85. The molecule has 1 aliphatic carbocycles. The quantitative estimate of drug-likeness (QED) is 0.221. The molecule has 2 atom stereocenters. The van der Waals surface area contributed by atoms with E-state index >= 15 is 0 Å². The fraction of sp³-hybridized carbons (Fsp3) is 1.00. The molecule has 0 aromatic heterocycles. The highest BCUT2D eigenvalue weighted by molar-refractivity contribution is 4.81. The molecule has 1 fully saturated rings. The number of ether oxygens (including phenoxy) is 3. The maximum atomic E-state index is 8.43. The van der Waals surface area contributed by atoms with Crippen molar-refractivity contribution in [2.75, 3.05) is 27.1 Å². The second-order valence-electron chi connectivity index (χ2n) is 3.78. The van der Waals surface area contributed by atoms with Gasteiger partial charge in [-0.05, 0) is 18.4 Å². The van der Waals surface area contributed by atoms with Crippen molar-refractivity contribution in [2.24, 2.45) is 5.11 Å². The number of rotatable bonds is 7. The summed E-state index contributed by atoms with van der Waals surface area (Å²) in [5, 5.41) is 3.76. The van der Waals surface area contributed by atoms with Crippen LogP contribution in [0.4, 0.5) is 0 Å². The van der Waals surface area contributed by atoms with Gasteiger partial charge in [0.25, 0.3) is 0 Å². The van der Waals surface area contributed by atoms with Crippen LogP contribution in [0, 0.1) is 0 Å². The van der Waals surface area contributed by atoms with Crippen LogP contribution in [0.5, 0.6) is 0 Å². The number of nitrogens with zero attached hydrogens (tertiary/aromatic N) is 3. The third-order valence-electron chi connectivity index (χ3n) is 2.66. The van der Waals surface area contributed by atoms with Gasteiger partial charge in [0, 0.05) is 12.0 Å². The van der Waals surface area contributed by atoms with Crippen LogP contribution in [0.2, 0.25) is 0 Å². The van der Waals surface area contributed by atoms with E-state index in [0.29, 0.717) is 13.2 Å². The molecule has 92 valence electrons. The largest absolute Gasteiger partial charge is 0.382 e. The fourth-order valence-corrected chi connectivity index (χ4v) is 1.81. The van der Waals surface area contributed by atoms with Gasteiger partial charge in [0.15, 0.2) is 0 Å². The van der Waals surface area contributed by atoms with Crippen LogP contribution >= 0.6 is 0 Å². The molecular weight excluding hydrogens is 210 g/mol.